The number of nitrogens with one attached hydrogen (secondary N) is 1. The van der Waals surface area contributed by atoms with E-state index in [1.165, 1.54) is 12.8 Å². The molecule has 0 saturated carbocycles. The molecule has 0 aliphatic carbocycles. The highest BCUT2D eigenvalue weighted by Crippen LogP contribution is 2.25. The third-order valence-electron chi connectivity index (χ3n) is 4.11. The van der Waals surface area contributed by atoms with Crippen molar-refractivity contribution in [2.24, 2.45) is 5.73 Å². The number of likely N-dealkylation sites (N-methyl/N-ethyl adjacent to an activating group) is 1. The van der Waals surface area contributed by atoms with Gasteiger partial charge in [-0.05, 0) is 33.2 Å². The minimum atomic E-state index is 0.111. The lowest BCUT2D eigenvalue weighted by Crippen LogP contribution is -2.54. The smallest absolute Gasteiger partial charge is 0.0700 e. The van der Waals surface area contributed by atoms with E-state index in [2.05, 4.69) is 24.2 Å². The number of rotatable bonds is 4. The molecule has 2 aliphatic rings. The first-order chi connectivity index (χ1) is 7.65. The maximum Gasteiger partial charge on any atom is 0.0700 e. The predicted molar refractivity (Wildman–Crippen MR) is 65.5 cm³/mol. The zero-order chi connectivity index (χ0) is 11.6. The average Bonchev–Trinajstić information content (AvgIpc) is 2.86. The van der Waals surface area contributed by atoms with E-state index < -0.39 is 0 Å². The Kier molecular flexibility index (Phi) is 3.85. The highest BCUT2D eigenvalue weighted by Gasteiger charge is 2.39. The maximum absolute atomic E-state index is 5.95. The Bertz CT molecular complexity index is 218. The molecule has 4 heteroatoms. The van der Waals surface area contributed by atoms with Gasteiger partial charge in [0.25, 0.3) is 0 Å². The minimum Gasteiger partial charge on any atom is -0.377 e. The molecular weight excluding hydrogens is 202 g/mol. The lowest BCUT2D eigenvalue weighted by Gasteiger charge is -2.30. The molecule has 0 aromatic rings. The van der Waals surface area contributed by atoms with Crippen LogP contribution in [0, 0.1) is 0 Å². The van der Waals surface area contributed by atoms with Gasteiger partial charge in [-0.3, -0.25) is 0 Å². The number of likely N-dealkylation sites (tertiary alicyclic amines) is 1. The summed E-state index contributed by atoms with van der Waals surface area (Å²) in [6, 6.07) is 0.626. The highest BCUT2D eigenvalue weighted by molar-refractivity contribution is 5.01. The molecular formula is C12H25N3O. The van der Waals surface area contributed by atoms with Crippen LogP contribution >= 0.6 is 0 Å². The topological polar surface area (TPSA) is 50.5 Å². The van der Waals surface area contributed by atoms with E-state index in [1.807, 2.05) is 0 Å². The van der Waals surface area contributed by atoms with Gasteiger partial charge in [0, 0.05) is 37.8 Å². The molecule has 3 unspecified atom stereocenters. The van der Waals surface area contributed by atoms with Crippen molar-refractivity contribution in [3.63, 3.8) is 0 Å². The molecule has 0 bridgehead atoms. The number of hydrogen-bond donors (Lipinski definition) is 2. The van der Waals surface area contributed by atoms with Crippen LogP contribution in [-0.4, -0.2) is 55.9 Å². The van der Waals surface area contributed by atoms with Gasteiger partial charge in [0.2, 0.25) is 0 Å². The van der Waals surface area contributed by atoms with Crippen molar-refractivity contribution < 1.29 is 4.74 Å². The van der Waals surface area contributed by atoms with Crippen LogP contribution in [0.1, 0.15) is 26.2 Å². The zero-order valence-electron chi connectivity index (χ0n) is 10.5. The normalized spacial score (nSPS) is 40.7. The minimum absolute atomic E-state index is 0.111. The van der Waals surface area contributed by atoms with Gasteiger partial charge in [0.15, 0.2) is 0 Å². The molecule has 16 heavy (non-hydrogen) atoms. The summed E-state index contributed by atoms with van der Waals surface area (Å²) in [6.45, 7) is 5.92. The summed E-state index contributed by atoms with van der Waals surface area (Å²) < 4.78 is 5.64. The molecule has 0 spiro atoms. The van der Waals surface area contributed by atoms with Crippen molar-refractivity contribution in [1.29, 1.82) is 0 Å². The summed E-state index contributed by atoms with van der Waals surface area (Å²) in [5.41, 5.74) is 6.06. The van der Waals surface area contributed by atoms with Crippen LogP contribution in [0.25, 0.3) is 0 Å². The number of ether oxygens (including phenoxy) is 1. The Morgan fingerprint density at radius 3 is 2.88 bits per heavy atom. The van der Waals surface area contributed by atoms with E-state index in [0.717, 1.165) is 26.1 Å². The Balaban J connectivity index is 1.85. The monoisotopic (exact) mass is 227 g/mol. The lowest BCUT2D eigenvalue weighted by molar-refractivity contribution is 0.101. The van der Waals surface area contributed by atoms with E-state index in [-0.39, 0.29) is 5.54 Å². The molecule has 4 nitrogen and oxygen atoms in total. The molecule has 2 saturated heterocycles. The number of nitrogens with two attached hydrogens (primary N) is 1. The summed E-state index contributed by atoms with van der Waals surface area (Å²) in [6.07, 6.45) is 3.95. The lowest BCUT2D eigenvalue weighted by atomic mass is 9.96. The summed E-state index contributed by atoms with van der Waals surface area (Å²) >= 11 is 0. The van der Waals surface area contributed by atoms with Crippen LogP contribution < -0.4 is 11.1 Å². The first kappa shape index (κ1) is 12.3. The highest BCUT2D eigenvalue weighted by atomic mass is 16.5. The van der Waals surface area contributed by atoms with Crippen molar-refractivity contribution in [3.8, 4) is 0 Å². The van der Waals surface area contributed by atoms with Crippen LogP contribution in [0.4, 0.5) is 0 Å². The van der Waals surface area contributed by atoms with Crippen LogP contribution in [0.3, 0.4) is 0 Å². The number of nitrogens with zero attached hydrogens (tertiary/aromatic N) is 1. The summed E-state index contributed by atoms with van der Waals surface area (Å²) in [7, 11) is 2.18. The summed E-state index contributed by atoms with van der Waals surface area (Å²) in [5.74, 6) is 0. The van der Waals surface area contributed by atoms with E-state index in [1.54, 1.807) is 0 Å². The van der Waals surface area contributed by atoms with Gasteiger partial charge in [-0.2, -0.15) is 0 Å². The zero-order valence-corrected chi connectivity index (χ0v) is 10.5. The Morgan fingerprint density at radius 2 is 2.38 bits per heavy atom. The molecule has 2 rings (SSSR count). The Labute approximate surface area is 98.5 Å². The van der Waals surface area contributed by atoms with E-state index in [4.69, 9.17) is 10.5 Å². The number of hydrogen-bond acceptors (Lipinski definition) is 4. The fourth-order valence-corrected chi connectivity index (χ4v) is 2.90. The molecule has 0 radical (unpaired) electrons. The molecule has 0 amide bonds. The molecule has 2 fully saturated rings. The van der Waals surface area contributed by atoms with Crippen LogP contribution in [0.2, 0.25) is 0 Å². The molecule has 94 valence electrons. The third kappa shape index (κ3) is 2.56. The van der Waals surface area contributed by atoms with Gasteiger partial charge < -0.3 is 20.7 Å². The molecule has 0 aromatic heterocycles. The Hall–Kier alpha value is -0.160. The van der Waals surface area contributed by atoms with Gasteiger partial charge in [-0.15, -0.1) is 0 Å². The fraction of sp³-hybridized carbons (Fsp3) is 1.00. The van der Waals surface area contributed by atoms with Gasteiger partial charge in [-0.25, -0.2) is 0 Å². The SMILES string of the molecule is CC1CC(CN)(NCC2CCCO2)CN1C. The fourth-order valence-electron chi connectivity index (χ4n) is 2.90. The van der Waals surface area contributed by atoms with Crippen molar-refractivity contribution in [1.82, 2.24) is 10.2 Å². The van der Waals surface area contributed by atoms with Gasteiger partial charge in [-0.1, -0.05) is 0 Å². The second-order valence-electron chi connectivity index (χ2n) is 5.47. The molecule has 2 aliphatic heterocycles. The molecule has 3 N–H and O–H groups in total. The third-order valence-corrected chi connectivity index (χ3v) is 4.11. The second-order valence-corrected chi connectivity index (χ2v) is 5.47. The molecule has 3 atom stereocenters. The second kappa shape index (κ2) is 5.00. The average molecular weight is 227 g/mol. The van der Waals surface area contributed by atoms with Crippen molar-refractivity contribution >= 4 is 0 Å². The van der Waals surface area contributed by atoms with Crippen LogP contribution in [-0.2, 0) is 4.74 Å². The van der Waals surface area contributed by atoms with Crippen molar-refractivity contribution in [3.05, 3.63) is 0 Å². The van der Waals surface area contributed by atoms with Gasteiger partial charge >= 0.3 is 0 Å². The van der Waals surface area contributed by atoms with E-state index >= 15 is 0 Å². The van der Waals surface area contributed by atoms with E-state index in [0.29, 0.717) is 18.7 Å². The summed E-state index contributed by atoms with van der Waals surface area (Å²) in [5, 5.41) is 3.66. The first-order valence-corrected chi connectivity index (χ1v) is 6.42. The summed E-state index contributed by atoms with van der Waals surface area (Å²) in [4.78, 5) is 2.38. The van der Waals surface area contributed by atoms with Crippen LogP contribution in [0.5, 0.6) is 0 Å². The van der Waals surface area contributed by atoms with Crippen molar-refractivity contribution in [2.75, 3.05) is 33.3 Å². The van der Waals surface area contributed by atoms with E-state index in [9.17, 15) is 0 Å². The first-order valence-electron chi connectivity index (χ1n) is 6.42. The quantitative estimate of drug-likeness (QED) is 0.719. The van der Waals surface area contributed by atoms with Crippen LogP contribution in [0.15, 0.2) is 0 Å². The largest absolute Gasteiger partial charge is 0.377 e. The predicted octanol–water partition coefficient (Wildman–Crippen LogP) is 0.177. The molecule has 0 aromatic carbocycles. The van der Waals surface area contributed by atoms with Gasteiger partial charge in [0.1, 0.15) is 0 Å². The van der Waals surface area contributed by atoms with Gasteiger partial charge in [0.05, 0.1) is 6.10 Å². The Morgan fingerprint density at radius 1 is 1.56 bits per heavy atom. The maximum atomic E-state index is 5.95. The van der Waals surface area contributed by atoms with Crippen molar-refractivity contribution in [2.45, 2.75) is 43.9 Å². The molecule has 2 heterocycles. The standard InChI is InChI=1S/C12H25N3O/c1-10-6-12(8-13,9-15(10)2)14-7-11-4-3-5-16-11/h10-11,14H,3-9,13H2,1-2H3.